The molecule has 2 aromatic heterocycles. The highest BCUT2D eigenvalue weighted by atomic mass is 19.1. The molecular weight excluding hydrogens is 295 g/mol. The van der Waals surface area contributed by atoms with Gasteiger partial charge >= 0.3 is 0 Å². The molecule has 0 fully saturated rings. The van der Waals surface area contributed by atoms with Crippen molar-refractivity contribution in [3.05, 3.63) is 58.5 Å². The summed E-state index contributed by atoms with van der Waals surface area (Å²) in [5, 5.41) is 11.4. The van der Waals surface area contributed by atoms with Crippen LogP contribution in [-0.2, 0) is 6.54 Å². The number of aryl methyl sites for hydroxylation is 4. The molecule has 5 nitrogen and oxygen atoms in total. The standard InChI is InChI=1S/C17H19FN4O/c1-10-7-11(2)22(20-10)17-6-5-14(8-16(17)18)19-9-15-12(3)21-23-13(15)4/h5-8,19H,9H2,1-4H3. The zero-order valence-electron chi connectivity index (χ0n) is 13.6. The highest BCUT2D eigenvalue weighted by Crippen LogP contribution is 2.21. The molecule has 120 valence electrons. The molecule has 0 saturated heterocycles. The summed E-state index contributed by atoms with van der Waals surface area (Å²) in [4.78, 5) is 0. The Hall–Kier alpha value is -2.63. The number of nitrogens with one attached hydrogen (secondary N) is 1. The van der Waals surface area contributed by atoms with Gasteiger partial charge in [-0.2, -0.15) is 5.10 Å². The topological polar surface area (TPSA) is 55.9 Å². The second kappa shape index (κ2) is 5.87. The van der Waals surface area contributed by atoms with Crippen molar-refractivity contribution in [3.63, 3.8) is 0 Å². The fourth-order valence-electron chi connectivity index (χ4n) is 2.61. The zero-order valence-corrected chi connectivity index (χ0v) is 13.6. The molecule has 0 spiro atoms. The smallest absolute Gasteiger partial charge is 0.150 e. The van der Waals surface area contributed by atoms with Crippen LogP contribution in [0.25, 0.3) is 5.69 Å². The molecule has 0 saturated carbocycles. The molecule has 3 aromatic rings. The van der Waals surface area contributed by atoms with Gasteiger partial charge in [0.15, 0.2) is 5.82 Å². The van der Waals surface area contributed by atoms with Crippen molar-refractivity contribution in [1.29, 1.82) is 0 Å². The van der Waals surface area contributed by atoms with E-state index in [4.69, 9.17) is 4.52 Å². The molecule has 23 heavy (non-hydrogen) atoms. The van der Waals surface area contributed by atoms with Gasteiger partial charge < -0.3 is 9.84 Å². The van der Waals surface area contributed by atoms with Crippen molar-refractivity contribution < 1.29 is 8.91 Å². The molecule has 1 N–H and O–H groups in total. The molecule has 2 heterocycles. The minimum atomic E-state index is -0.319. The molecule has 0 aliphatic carbocycles. The van der Waals surface area contributed by atoms with Crippen LogP contribution in [0.1, 0.15) is 28.4 Å². The van der Waals surface area contributed by atoms with E-state index in [1.807, 2.05) is 39.8 Å². The highest BCUT2D eigenvalue weighted by molar-refractivity contribution is 5.50. The number of benzene rings is 1. The average molecular weight is 314 g/mol. The van der Waals surface area contributed by atoms with Crippen molar-refractivity contribution in [3.8, 4) is 5.69 Å². The van der Waals surface area contributed by atoms with Crippen molar-refractivity contribution >= 4 is 5.69 Å². The van der Waals surface area contributed by atoms with Crippen LogP contribution >= 0.6 is 0 Å². The largest absolute Gasteiger partial charge is 0.381 e. The number of rotatable bonds is 4. The first-order valence-electron chi connectivity index (χ1n) is 7.44. The van der Waals surface area contributed by atoms with E-state index < -0.39 is 0 Å². The molecule has 0 amide bonds. The molecule has 0 atom stereocenters. The van der Waals surface area contributed by atoms with E-state index in [1.165, 1.54) is 6.07 Å². The Morgan fingerprint density at radius 3 is 2.52 bits per heavy atom. The van der Waals surface area contributed by atoms with E-state index in [9.17, 15) is 4.39 Å². The lowest BCUT2D eigenvalue weighted by Crippen LogP contribution is -2.05. The zero-order chi connectivity index (χ0) is 16.6. The first-order valence-corrected chi connectivity index (χ1v) is 7.44. The van der Waals surface area contributed by atoms with Gasteiger partial charge in [0.1, 0.15) is 11.4 Å². The molecule has 0 unspecified atom stereocenters. The number of hydrogen-bond donors (Lipinski definition) is 1. The maximum Gasteiger partial charge on any atom is 0.150 e. The number of hydrogen-bond acceptors (Lipinski definition) is 4. The van der Waals surface area contributed by atoms with Crippen LogP contribution < -0.4 is 5.32 Å². The quantitative estimate of drug-likeness (QED) is 0.795. The van der Waals surface area contributed by atoms with Gasteiger partial charge in [-0.25, -0.2) is 9.07 Å². The Morgan fingerprint density at radius 2 is 1.96 bits per heavy atom. The Kier molecular flexibility index (Phi) is 3.90. The van der Waals surface area contributed by atoms with Gasteiger partial charge in [-0.3, -0.25) is 0 Å². The predicted octanol–water partition coefficient (Wildman–Crippen LogP) is 3.85. The van der Waals surface area contributed by atoms with Gasteiger partial charge in [0.2, 0.25) is 0 Å². The fourth-order valence-corrected chi connectivity index (χ4v) is 2.61. The summed E-state index contributed by atoms with van der Waals surface area (Å²) in [6.45, 7) is 8.09. The molecular formula is C17H19FN4O. The third kappa shape index (κ3) is 2.97. The molecule has 3 rings (SSSR count). The summed E-state index contributed by atoms with van der Waals surface area (Å²) < 4.78 is 21.2. The number of nitrogens with zero attached hydrogens (tertiary/aromatic N) is 3. The van der Waals surface area contributed by atoms with Crippen LogP contribution in [0.4, 0.5) is 10.1 Å². The molecule has 6 heteroatoms. The molecule has 0 bridgehead atoms. The van der Waals surface area contributed by atoms with Crippen molar-refractivity contribution in [2.24, 2.45) is 0 Å². The Labute approximate surface area is 134 Å². The molecule has 0 radical (unpaired) electrons. The van der Waals surface area contributed by atoms with Gasteiger partial charge in [-0.05, 0) is 52.0 Å². The van der Waals surface area contributed by atoms with Crippen LogP contribution in [0.3, 0.4) is 0 Å². The van der Waals surface area contributed by atoms with Gasteiger partial charge in [0.25, 0.3) is 0 Å². The molecule has 0 aliphatic rings. The number of aromatic nitrogens is 3. The highest BCUT2D eigenvalue weighted by Gasteiger charge is 2.11. The second-order valence-corrected chi connectivity index (χ2v) is 5.66. The van der Waals surface area contributed by atoms with Crippen molar-refractivity contribution in [2.45, 2.75) is 34.2 Å². The average Bonchev–Trinajstić information content (AvgIpc) is 2.99. The maximum absolute atomic E-state index is 14.4. The lowest BCUT2D eigenvalue weighted by molar-refractivity contribution is 0.392. The lowest BCUT2D eigenvalue weighted by atomic mass is 10.2. The summed E-state index contributed by atoms with van der Waals surface area (Å²) >= 11 is 0. The van der Waals surface area contributed by atoms with Crippen LogP contribution in [0, 0.1) is 33.5 Å². The third-order valence-corrected chi connectivity index (χ3v) is 3.84. The first kappa shape index (κ1) is 15.3. The summed E-state index contributed by atoms with van der Waals surface area (Å²) in [6.07, 6.45) is 0. The van der Waals surface area contributed by atoms with E-state index in [2.05, 4.69) is 15.6 Å². The van der Waals surface area contributed by atoms with Crippen molar-refractivity contribution in [1.82, 2.24) is 14.9 Å². The minimum Gasteiger partial charge on any atom is -0.381 e. The van der Waals surface area contributed by atoms with E-state index in [1.54, 1.807) is 10.7 Å². The van der Waals surface area contributed by atoms with Crippen LogP contribution in [0.15, 0.2) is 28.8 Å². The predicted molar refractivity (Wildman–Crippen MR) is 86.3 cm³/mol. The van der Waals surface area contributed by atoms with Crippen LogP contribution in [0.5, 0.6) is 0 Å². The van der Waals surface area contributed by atoms with E-state index >= 15 is 0 Å². The normalized spacial score (nSPS) is 11.0. The summed E-state index contributed by atoms with van der Waals surface area (Å²) in [5.74, 6) is 0.453. The summed E-state index contributed by atoms with van der Waals surface area (Å²) in [7, 11) is 0. The third-order valence-electron chi connectivity index (χ3n) is 3.84. The number of halogens is 1. The SMILES string of the molecule is Cc1cc(C)n(-c2ccc(NCc3c(C)noc3C)cc2F)n1. The lowest BCUT2D eigenvalue weighted by Gasteiger charge is -2.10. The molecule has 1 aromatic carbocycles. The van der Waals surface area contributed by atoms with Crippen molar-refractivity contribution in [2.75, 3.05) is 5.32 Å². The summed E-state index contributed by atoms with van der Waals surface area (Å²) in [6, 6.07) is 6.96. The maximum atomic E-state index is 14.4. The first-order chi connectivity index (χ1) is 11.0. The fraction of sp³-hybridized carbons (Fsp3) is 0.294. The van der Waals surface area contributed by atoms with Crippen LogP contribution in [-0.4, -0.2) is 14.9 Å². The van der Waals surface area contributed by atoms with E-state index in [0.717, 1.165) is 28.4 Å². The van der Waals surface area contributed by atoms with Gasteiger partial charge in [0, 0.05) is 23.5 Å². The van der Waals surface area contributed by atoms with Gasteiger partial charge in [0.05, 0.1) is 11.4 Å². The second-order valence-electron chi connectivity index (χ2n) is 5.66. The minimum absolute atomic E-state index is 0.319. The van der Waals surface area contributed by atoms with E-state index in [0.29, 0.717) is 17.9 Å². The Balaban J connectivity index is 1.81. The molecule has 0 aliphatic heterocycles. The van der Waals surface area contributed by atoms with Gasteiger partial charge in [-0.1, -0.05) is 5.16 Å². The Morgan fingerprint density at radius 1 is 1.17 bits per heavy atom. The Bertz CT molecular complexity index is 831. The van der Waals surface area contributed by atoms with Gasteiger partial charge in [-0.15, -0.1) is 0 Å². The number of anilines is 1. The monoisotopic (exact) mass is 314 g/mol. The summed E-state index contributed by atoms with van der Waals surface area (Å²) in [5.41, 5.74) is 4.74. The van der Waals surface area contributed by atoms with E-state index in [-0.39, 0.29) is 5.82 Å². The van der Waals surface area contributed by atoms with Crippen LogP contribution in [0.2, 0.25) is 0 Å².